The molecule has 0 atom stereocenters. The van der Waals surface area contributed by atoms with Gasteiger partial charge in [-0.1, -0.05) is 38.1 Å². The van der Waals surface area contributed by atoms with Crippen molar-refractivity contribution in [3.05, 3.63) is 65.3 Å². The summed E-state index contributed by atoms with van der Waals surface area (Å²) in [6, 6.07) is 13.0. The van der Waals surface area contributed by atoms with E-state index in [9.17, 15) is 0 Å². The van der Waals surface area contributed by atoms with Gasteiger partial charge in [0.1, 0.15) is 0 Å². The maximum Gasteiger partial charge on any atom is 0.0448 e. The molecule has 0 saturated carbocycles. The Kier molecular flexibility index (Phi) is 2.83. The highest BCUT2D eigenvalue weighted by Crippen LogP contribution is 2.40. The molecular weight excluding hydrogens is 218 g/mol. The van der Waals surface area contributed by atoms with E-state index in [1.54, 1.807) is 0 Å². The fourth-order valence-corrected chi connectivity index (χ4v) is 2.73. The molecule has 0 aliphatic heterocycles. The standard InChI is InChI=1S/C17H18N/c1-3-10-18-11-6-9-17(18)16-12-14-7-4-5-8-15(14)13(16)2/h4-9,11-12H,3,10H2,1-2H3. The molecule has 2 aromatic rings. The van der Waals surface area contributed by atoms with Crippen LogP contribution < -0.4 is 0 Å². The lowest BCUT2D eigenvalue weighted by Gasteiger charge is -2.13. The second kappa shape index (κ2) is 4.49. The van der Waals surface area contributed by atoms with Crippen molar-refractivity contribution in [2.75, 3.05) is 0 Å². The summed E-state index contributed by atoms with van der Waals surface area (Å²) in [5.74, 6) is 1.39. The van der Waals surface area contributed by atoms with Crippen LogP contribution in [0.4, 0.5) is 0 Å². The van der Waals surface area contributed by atoms with Crippen LogP contribution in [0.2, 0.25) is 0 Å². The predicted octanol–water partition coefficient (Wildman–Crippen LogP) is 4.39. The van der Waals surface area contributed by atoms with Crippen LogP contribution >= 0.6 is 0 Å². The molecule has 0 spiro atoms. The summed E-state index contributed by atoms with van der Waals surface area (Å²) in [6.07, 6.45) is 5.66. The Balaban J connectivity index is 2.02. The van der Waals surface area contributed by atoms with E-state index < -0.39 is 0 Å². The lowest BCUT2D eigenvalue weighted by molar-refractivity contribution is 0.676. The zero-order chi connectivity index (χ0) is 12.5. The first-order valence-corrected chi connectivity index (χ1v) is 6.62. The highest BCUT2D eigenvalue weighted by atomic mass is 15.0. The zero-order valence-electron chi connectivity index (χ0n) is 11.0. The van der Waals surface area contributed by atoms with Gasteiger partial charge in [-0.2, -0.15) is 0 Å². The topological polar surface area (TPSA) is 4.93 Å². The molecule has 0 fully saturated rings. The van der Waals surface area contributed by atoms with E-state index in [0.717, 1.165) is 6.54 Å². The van der Waals surface area contributed by atoms with Crippen molar-refractivity contribution in [3.8, 4) is 0 Å². The third-order valence-electron chi connectivity index (χ3n) is 3.64. The van der Waals surface area contributed by atoms with Gasteiger partial charge in [0.05, 0.1) is 0 Å². The first kappa shape index (κ1) is 11.3. The van der Waals surface area contributed by atoms with Crippen LogP contribution in [0.25, 0.3) is 11.6 Å². The molecule has 1 aromatic carbocycles. The van der Waals surface area contributed by atoms with Crippen molar-refractivity contribution < 1.29 is 0 Å². The van der Waals surface area contributed by atoms with E-state index in [4.69, 9.17) is 0 Å². The molecule has 1 nitrogen and oxygen atoms in total. The number of aryl methyl sites for hydroxylation is 1. The fraction of sp³-hybridized carbons (Fsp3) is 0.235. The molecule has 1 aliphatic rings. The molecule has 0 amide bonds. The summed E-state index contributed by atoms with van der Waals surface area (Å²) in [6.45, 7) is 5.53. The Bertz CT molecular complexity index is 589. The van der Waals surface area contributed by atoms with Gasteiger partial charge in [-0.05, 0) is 41.3 Å². The van der Waals surface area contributed by atoms with E-state index in [0.29, 0.717) is 0 Å². The minimum Gasteiger partial charge on any atom is -0.348 e. The Morgan fingerprint density at radius 1 is 1.06 bits per heavy atom. The first-order valence-electron chi connectivity index (χ1n) is 6.62. The molecular formula is C17H18N. The van der Waals surface area contributed by atoms with Gasteiger partial charge in [-0.3, -0.25) is 0 Å². The molecule has 1 aromatic heterocycles. The van der Waals surface area contributed by atoms with Crippen molar-refractivity contribution in [1.29, 1.82) is 0 Å². The van der Waals surface area contributed by atoms with E-state index in [1.807, 2.05) is 0 Å². The molecule has 0 unspecified atom stereocenters. The average molecular weight is 236 g/mol. The normalized spacial score (nSPS) is 14.7. The maximum atomic E-state index is 2.35. The molecule has 1 aliphatic carbocycles. The second-order valence-electron chi connectivity index (χ2n) is 4.86. The van der Waals surface area contributed by atoms with Gasteiger partial charge in [-0.25, -0.2) is 0 Å². The monoisotopic (exact) mass is 236 g/mol. The SMILES string of the molecule is CCCn1cccc1C1=Cc2ccccc2[C]1C. The smallest absolute Gasteiger partial charge is 0.0448 e. The predicted molar refractivity (Wildman–Crippen MR) is 77.1 cm³/mol. The van der Waals surface area contributed by atoms with E-state index in [1.165, 1.54) is 34.7 Å². The summed E-state index contributed by atoms with van der Waals surface area (Å²) in [7, 11) is 0. The molecule has 3 rings (SSSR count). The largest absolute Gasteiger partial charge is 0.348 e. The van der Waals surface area contributed by atoms with Crippen molar-refractivity contribution in [1.82, 2.24) is 4.57 Å². The number of fused-ring (bicyclic) bond motifs is 1. The van der Waals surface area contributed by atoms with Crippen LogP contribution in [0, 0.1) is 5.92 Å². The molecule has 1 heterocycles. The lowest BCUT2D eigenvalue weighted by atomic mass is 9.96. The van der Waals surface area contributed by atoms with Gasteiger partial charge in [0.25, 0.3) is 0 Å². The number of hydrogen-bond donors (Lipinski definition) is 0. The van der Waals surface area contributed by atoms with Crippen LogP contribution in [-0.4, -0.2) is 4.57 Å². The quantitative estimate of drug-likeness (QED) is 0.744. The summed E-state index contributed by atoms with van der Waals surface area (Å²) in [4.78, 5) is 0. The van der Waals surface area contributed by atoms with E-state index >= 15 is 0 Å². The van der Waals surface area contributed by atoms with Crippen LogP contribution in [0.1, 0.15) is 37.1 Å². The molecule has 91 valence electrons. The van der Waals surface area contributed by atoms with E-state index in [2.05, 4.69) is 67.1 Å². The van der Waals surface area contributed by atoms with Crippen LogP contribution in [0.15, 0.2) is 42.6 Å². The Hall–Kier alpha value is -1.76. The fourth-order valence-electron chi connectivity index (χ4n) is 2.73. The zero-order valence-corrected chi connectivity index (χ0v) is 11.0. The molecule has 1 radical (unpaired) electrons. The Labute approximate surface area is 109 Å². The maximum absolute atomic E-state index is 2.35. The van der Waals surface area contributed by atoms with Crippen LogP contribution in [0.5, 0.6) is 0 Å². The van der Waals surface area contributed by atoms with Gasteiger partial charge in [0, 0.05) is 24.4 Å². The van der Waals surface area contributed by atoms with Gasteiger partial charge >= 0.3 is 0 Å². The third kappa shape index (κ3) is 1.71. The lowest BCUT2D eigenvalue weighted by Crippen LogP contribution is -2.03. The number of hydrogen-bond acceptors (Lipinski definition) is 0. The minimum absolute atomic E-state index is 1.09. The van der Waals surface area contributed by atoms with Gasteiger partial charge in [0.2, 0.25) is 0 Å². The van der Waals surface area contributed by atoms with Crippen LogP contribution in [-0.2, 0) is 6.54 Å². The van der Waals surface area contributed by atoms with Crippen LogP contribution in [0.3, 0.4) is 0 Å². The molecule has 1 heteroatoms. The van der Waals surface area contributed by atoms with Crippen molar-refractivity contribution in [2.45, 2.75) is 26.8 Å². The number of aromatic nitrogens is 1. The Morgan fingerprint density at radius 2 is 1.89 bits per heavy atom. The molecule has 18 heavy (non-hydrogen) atoms. The second-order valence-corrected chi connectivity index (χ2v) is 4.86. The number of allylic oxidation sites excluding steroid dienone is 1. The number of rotatable bonds is 3. The van der Waals surface area contributed by atoms with E-state index in [-0.39, 0.29) is 0 Å². The molecule has 0 bridgehead atoms. The first-order chi connectivity index (χ1) is 8.81. The number of nitrogens with zero attached hydrogens (tertiary/aromatic N) is 1. The van der Waals surface area contributed by atoms with Crippen molar-refractivity contribution >= 4 is 11.6 Å². The molecule has 0 N–H and O–H groups in total. The van der Waals surface area contributed by atoms with Gasteiger partial charge in [-0.15, -0.1) is 0 Å². The summed E-state index contributed by atoms with van der Waals surface area (Å²) in [5, 5.41) is 0. The summed E-state index contributed by atoms with van der Waals surface area (Å²) in [5.41, 5.74) is 5.42. The minimum atomic E-state index is 1.09. The number of benzene rings is 1. The summed E-state index contributed by atoms with van der Waals surface area (Å²) < 4.78 is 2.35. The van der Waals surface area contributed by atoms with Crippen molar-refractivity contribution in [2.24, 2.45) is 0 Å². The molecule has 0 saturated heterocycles. The highest BCUT2D eigenvalue weighted by molar-refractivity contribution is 5.97. The Morgan fingerprint density at radius 3 is 2.67 bits per heavy atom. The third-order valence-corrected chi connectivity index (χ3v) is 3.64. The van der Waals surface area contributed by atoms with Gasteiger partial charge < -0.3 is 4.57 Å². The van der Waals surface area contributed by atoms with Crippen molar-refractivity contribution in [3.63, 3.8) is 0 Å². The van der Waals surface area contributed by atoms with Gasteiger partial charge in [0.15, 0.2) is 0 Å². The summed E-state index contributed by atoms with van der Waals surface area (Å²) >= 11 is 0. The average Bonchev–Trinajstić information content (AvgIpc) is 2.96. The highest BCUT2D eigenvalue weighted by Gasteiger charge is 2.23.